The minimum Gasteiger partial charge on any atom is -0.497 e. The lowest BCUT2D eigenvalue weighted by atomic mass is 9.73. The summed E-state index contributed by atoms with van der Waals surface area (Å²) in [4.78, 5) is 9.72. The van der Waals surface area contributed by atoms with Crippen molar-refractivity contribution in [2.45, 2.75) is 32.4 Å². The van der Waals surface area contributed by atoms with E-state index in [1.54, 1.807) is 7.11 Å². The van der Waals surface area contributed by atoms with Gasteiger partial charge in [-0.1, -0.05) is 13.8 Å². The van der Waals surface area contributed by atoms with Crippen LogP contribution in [0.2, 0.25) is 0 Å². The summed E-state index contributed by atoms with van der Waals surface area (Å²) in [5, 5.41) is 2.24. The summed E-state index contributed by atoms with van der Waals surface area (Å²) in [6.07, 6.45) is 4.31. The van der Waals surface area contributed by atoms with Crippen LogP contribution in [0.25, 0.3) is 10.8 Å². The molecule has 2 saturated heterocycles. The first-order valence-electron chi connectivity index (χ1n) is 10.9. The van der Waals surface area contributed by atoms with Crippen LogP contribution in [0.4, 0.5) is 11.4 Å². The van der Waals surface area contributed by atoms with Gasteiger partial charge in [-0.15, -0.1) is 0 Å². The molecule has 2 aromatic rings. The Morgan fingerprint density at radius 3 is 2.60 bits per heavy atom. The van der Waals surface area contributed by atoms with Gasteiger partial charge in [0.05, 0.1) is 26.5 Å². The minimum atomic E-state index is -0.535. The Labute approximate surface area is 178 Å². The van der Waals surface area contributed by atoms with Gasteiger partial charge >= 0.3 is 0 Å². The highest BCUT2D eigenvalue weighted by Gasteiger charge is 2.53. The number of hydrogen-bond donors (Lipinski definition) is 0. The molecule has 3 aliphatic rings. The number of hydrogen-bond acceptors (Lipinski definition) is 6. The molecule has 0 radical (unpaired) electrons. The van der Waals surface area contributed by atoms with Crippen LogP contribution in [0.1, 0.15) is 26.7 Å². The number of rotatable bonds is 2. The molecular weight excluding hydrogens is 378 g/mol. The Kier molecular flexibility index (Phi) is 4.67. The molecule has 1 atom stereocenters. The number of piperidine rings is 1. The molecule has 5 rings (SSSR count). The van der Waals surface area contributed by atoms with E-state index >= 15 is 0 Å². The summed E-state index contributed by atoms with van der Waals surface area (Å²) in [5.74, 6) is 1.68. The van der Waals surface area contributed by atoms with Crippen LogP contribution in [0.3, 0.4) is 0 Å². The van der Waals surface area contributed by atoms with Crippen molar-refractivity contribution in [1.29, 1.82) is 0 Å². The third-order valence-corrected chi connectivity index (χ3v) is 7.08. The molecule has 6 heteroatoms. The number of methoxy groups -OCH3 is 1. The van der Waals surface area contributed by atoms with Crippen LogP contribution < -0.4 is 14.4 Å². The molecule has 1 spiro atoms. The highest BCUT2D eigenvalue weighted by molar-refractivity contribution is 6.06. The second kappa shape index (κ2) is 7.13. The molecule has 160 valence electrons. The molecule has 2 fully saturated rings. The van der Waals surface area contributed by atoms with Crippen LogP contribution in [0.15, 0.2) is 29.3 Å². The zero-order chi connectivity index (χ0) is 20.9. The summed E-state index contributed by atoms with van der Waals surface area (Å²) in [7, 11) is 3.85. The van der Waals surface area contributed by atoms with Crippen molar-refractivity contribution >= 4 is 28.4 Å². The summed E-state index contributed by atoms with van der Waals surface area (Å²) < 4.78 is 18.0. The van der Waals surface area contributed by atoms with Crippen LogP contribution in [0, 0.1) is 5.41 Å². The van der Waals surface area contributed by atoms with Gasteiger partial charge in [-0.05, 0) is 38.1 Å². The molecule has 6 nitrogen and oxygen atoms in total. The van der Waals surface area contributed by atoms with Gasteiger partial charge < -0.3 is 19.1 Å². The van der Waals surface area contributed by atoms with Crippen LogP contribution >= 0.6 is 0 Å². The van der Waals surface area contributed by atoms with Gasteiger partial charge in [-0.2, -0.15) is 0 Å². The molecule has 0 N–H and O–H groups in total. The van der Waals surface area contributed by atoms with E-state index in [9.17, 15) is 0 Å². The Bertz CT molecular complexity index is 997. The Hall–Kier alpha value is -2.31. The summed E-state index contributed by atoms with van der Waals surface area (Å²) in [5.41, 5.74) is 1.50. The number of anilines is 1. The van der Waals surface area contributed by atoms with E-state index < -0.39 is 5.72 Å². The van der Waals surface area contributed by atoms with Gasteiger partial charge in [0.25, 0.3) is 0 Å². The van der Waals surface area contributed by atoms with E-state index in [2.05, 4.69) is 48.9 Å². The summed E-state index contributed by atoms with van der Waals surface area (Å²) >= 11 is 0. The van der Waals surface area contributed by atoms with E-state index in [0.717, 1.165) is 61.8 Å². The first-order valence-corrected chi connectivity index (χ1v) is 10.9. The van der Waals surface area contributed by atoms with Gasteiger partial charge in [-0.3, -0.25) is 9.89 Å². The van der Waals surface area contributed by atoms with E-state index in [0.29, 0.717) is 0 Å². The number of fused-ring (bicyclic) bond motifs is 3. The van der Waals surface area contributed by atoms with E-state index in [-0.39, 0.29) is 5.41 Å². The first kappa shape index (κ1) is 19.6. The Morgan fingerprint density at radius 2 is 1.87 bits per heavy atom. The maximum atomic E-state index is 6.88. The maximum Gasteiger partial charge on any atom is 0.204 e. The van der Waals surface area contributed by atoms with Crippen molar-refractivity contribution in [1.82, 2.24) is 4.90 Å². The van der Waals surface area contributed by atoms with Crippen molar-refractivity contribution in [3.8, 4) is 11.5 Å². The molecule has 2 aromatic carbocycles. The first-order chi connectivity index (χ1) is 14.4. The number of morpholine rings is 1. The molecule has 30 heavy (non-hydrogen) atoms. The van der Waals surface area contributed by atoms with Crippen molar-refractivity contribution < 1.29 is 14.2 Å². The van der Waals surface area contributed by atoms with Crippen LogP contribution in [-0.2, 0) is 4.74 Å². The van der Waals surface area contributed by atoms with E-state index in [4.69, 9.17) is 19.2 Å². The zero-order valence-electron chi connectivity index (χ0n) is 18.4. The molecule has 0 aromatic heterocycles. The summed E-state index contributed by atoms with van der Waals surface area (Å²) in [6, 6.07) is 8.42. The third-order valence-electron chi connectivity index (χ3n) is 7.08. The highest BCUT2D eigenvalue weighted by atomic mass is 16.5. The number of aliphatic imine (C=N–C) groups is 1. The minimum absolute atomic E-state index is 0.0380. The fourth-order valence-corrected chi connectivity index (χ4v) is 5.20. The smallest absolute Gasteiger partial charge is 0.204 e. The second-order valence-electron chi connectivity index (χ2n) is 9.22. The van der Waals surface area contributed by atoms with Gasteiger partial charge in [0.2, 0.25) is 5.72 Å². The zero-order valence-corrected chi connectivity index (χ0v) is 18.4. The fourth-order valence-electron chi connectivity index (χ4n) is 5.20. The van der Waals surface area contributed by atoms with Crippen LogP contribution in [0.5, 0.6) is 11.5 Å². The molecule has 3 heterocycles. The normalized spacial score (nSPS) is 25.9. The third kappa shape index (κ3) is 2.88. The maximum absolute atomic E-state index is 6.88. The molecule has 1 unspecified atom stereocenters. The van der Waals surface area contributed by atoms with Crippen molar-refractivity contribution in [2.75, 3.05) is 51.9 Å². The second-order valence-corrected chi connectivity index (χ2v) is 9.22. The lowest BCUT2D eigenvalue weighted by Crippen LogP contribution is -2.65. The predicted molar refractivity (Wildman–Crippen MR) is 121 cm³/mol. The number of ether oxygens (including phenoxy) is 3. The predicted octanol–water partition coefficient (Wildman–Crippen LogP) is 4.23. The topological polar surface area (TPSA) is 46.5 Å². The van der Waals surface area contributed by atoms with E-state index in [1.165, 1.54) is 17.5 Å². The number of benzene rings is 2. The lowest BCUT2D eigenvalue weighted by Gasteiger charge is -2.53. The number of likely N-dealkylation sites (tertiary alicyclic amines) is 1. The molecule has 0 saturated carbocycles. The summed E-state index contributed by atoms with van der Waals surface area (Å²) in [6.45, 7) is 8.81. The number of nitrogens with zero attached hydrogens (tertiary/aromatic N) is 3. The van der Waals surface area contributed by atoms with Gasteiger partial charge in [-0.25, -0.2) is 0 Å². The van der Waals surface area contributed by atoms with Gasteiger partial charge in [0.15, 0.2) is 5.75 Å². The van der Waals surface area contributed by atoms with Crippen molar-refractivity contribution in [3.63, 3.8) is 0 Å². The average Bonchev–Trinajstić information content (AvgIpc) is 2.77. The molecule has 0 bridgehead atoms. The Morgan fingerprint density at radius 1 is 1.07 bits per heavy atom. The largest absolute Gasteiger partial charge is 0.497 e. The molecule has 0 aliphatic carbocycles. The standard InChI is InChI=1S/C24H31N3O3/c1-23(2)8-5-9-26(3)24(23)16-25-22-19-14-17(28-4)6-7-18(19)20(15-21(22)30-24)27-10-12-29-13-11-27/h6-7,14-16H,5,8-13H2,1-4H3. The van der Waals surface area contributed by atoms with Crippen molar-refractivity contribution in [2.24, 2.45) is 10.4 Å². The Balaban J connectivity index is 1.70. The van der Waals surface area contributed by atoms with Crippen LogP contribution in [-0.4, -0.2) is 63.8 Å². The molecule has 3 aliphatic heterocycles. The average molecular weight is 410 g/mol. The van der Waals surface area contributed by atoms with Gasteiger partial charge in [0.1, 0.15) is 11.4 Å². The monoisotopic (exact) mass is 409 g/mol. The highest BCUT2D eigenvalue weighted by Crippen LogP contribution is 2.51. The molecular formula is C24H31N3O3. The SMILES string of the molecule is COc1ccc2c(N3CCOCC3)cc3c(c2c1)N=CC1(O3)N(C)CCCC1(C)C. The molecule has 0 amide bonds. The van der Waals surface area contributed by atoms with Gasteiger partial charge in [0, 0.05) is 47.6 Å². The lowest BCUT2D eigenvalue weighted by molar-refractivity contribution is -0.122. The van der Waals surface area contributed by atoms with E-state index in [1.807, 2.05) is 12.3 Å². The fraction of sp³-hybridized carbons (Fsp3) is 0.542. The quantitative estimate of drug-likeness (QED) is 0.743. The van der Waals surface area contributed by atoms with Crippen molar-refractivity contribution in [3.05, 3.63) is 24.3 Å².